The molecule has 0 unspecified atom stereocenters. The lowest BCUT2D eigenvalue weighted by Crippen LogP contribution is -2.53. The summed E-state index contributed by atoms with van der Waals surface area (Å²) in [4.78, 5) is 24.7. The summed E-state index contributed by atoms with van der Waals surface area (Å²) >= 11 is 4.71. The number of rotatable bonds is 9. The molecule has 4 rings (SSSR count). The number of amides is 1. The van der Waals surface area contributed by atoms with Crippen LogP contribution in [0, 0.1) is 11.8 Å². The predicted octanol–water partition coefficient (Wildman–Crippen LogP) is 5.05. The third-order valence-electron chi connectivity index (χ3n) is 5.13. The van der Waals surface area contributed by atoms with Crippen LogP contribution in [0.2, 0.25) is 0 Å². The van der Waals surface area contributed by atoms with Gasteiger partial charge in [-0.1, -0.05) is 24.0 Å². The molecule has 9 heteroatoms. The fraction of sp³-hybridized carbons (Fsp3) is 0.280. The molecule has 1 saturated heterocycles. The minimum Gasteiger partial charge on any atom is -0.477 e. The van der Waals surface area contributed by atoms with Crippen LogP contribution in [0.15, 0.2) is 53.2 Å². The van der Waals surface area contributed by atoms with Crippen molar-refractivity contribution in [2.24, 2.45) is 0 Å². The van der Waals surface area contributed by atoms with Crippen molar-refractivity contribution in [2.75, 3.05) is 32.0 Å². The Morgan fingerprint density at radius 1 is 1.15 bits per heavy atom. The molecule has 34 heavy (non-hydrogen) atoms. The zero-order valence-corrected chi connectivity index (χ0v) is 20.9. The number of carboxylic acids is 1. The Morgan fingerprint density at radius 2 is 2.03 bits per heavy atom. The molecule has 3 aromatic rings. The van der Waals surface area contributed by atoms with Crippen LogP contribution >= 0.6 is 34.4 Å². The number of carbonyl (C=O) groups is 2. The van der Waals surface area contributed by atoms with Gasteiger partial charge in [0.15, 0.2) is 0 Å². The van der Waals surface area contributed by atoms with Crippen molar-refractivity contribution < 1.29 is 19.4 Å². The Morgan fingerprint density at radius 3 is 2.82 bits per heavy atom. The largest absolute Gasteiger partial charge is 0.477 e. The van der Waals surface area contributed by atoms with E-state index >= 15 is 0 Å². The molecule has 0 atom stereocenters. The van der Waals surface area contributed by atoms with Crippen molar-refractivity contribution in [3.63, 3.8) is 0 Å². The summed E-state index contributed by atoms with van der Waals surface area (Å²) in [6, 6.07) is 13.7. The minimum absolute atomic E-state index is 0.311. The summed E-state index contributed by atoms with van der Waals surface area (Å²) in [6.45, 7) is 2.24. The average Bonchev–Trinajstić information content (AvgIpc) is 3.53. The lowest BCUT2D eigenvalue weighted by Gasteiger charge is -2.37. The number of aromatic carboxylic acids is 1. The lowest BCUT2D eigenvalue weighted by atomic mass is 10.1. The fourth-order valence-electron chi connectivity index (χ4n) is 3.44. The summed E-state index contributed by atoms with van der Waals surface area (Å²) in [5.74, 6) is 7.23. The van der Waals surface area contributed by atoms with E-state index in [2.05, 4.69) is 24.0 Å². The summed E-state index contributed by atoms with van der Waals surface area (Å²) in [7, 11) is 0. The summed E-state index contributed by atoms with van der Waals surface area (Å²) in [6.07, 6.45) is 0.249. The molecular formula is C25H24N2O4S3. The van der Waals surface area contributed by atoms with Crippen molar-refractivity contribution in [3.05, 3.63) is 79.7 Å². The van der Waals surface area contributed by atoms with E-state index in [9.17, 15) is 9.59 Å². The van der Waals surface area contributed by atoms with E-state index in [0.29, 0.717) is 31.0 Å². The molecule has 1 aliphatic heterocycles. The number of carboxylic acid groups (broad SMARTS) is 1. The lowest BCUT2D eigenvalue weighted by molar-refractivity contribution is -0.0636. The van der Waals surface area contributed by atoms with Gasteiger partial charge >= 0.3 is 12.1 Å². The highest BCUT2D eigenvalue weighted by Gasteiger charge is 2.27. The van der Waals surface area contributed by atoms with E-state index in [0.717, 1.165) is 34.1 Å². The quantitative estimate of drug-likeness (QED) is 0.320. The minimum atomic E-state index is -0.924. The molecule has 1 fully saturated rings. The molecule has 0 bridgehead atoms. The van der Waals surface area contributed by atoms with Gasteiger partial charge in [0.1, 0.15) is 11.5 Å². The molecule has 1 aliphatic rings. The molecule has 0 saturated carbocycles. The predicted molar refractivity (Wildman–Crippen MR) is 138 cm³/mol. The normalized spacial score (nSPS) is 13.9. The summed E-state index contributed by atoms with van der Waals surface area (Å²) in [5, 5.41) is 16.8. The van der Waals surface area contributed by atoms with E-state index in [-0.39, 0.29) is 6.09 Å². The molecule has 1 amide bonds. The van der Waals surface area contributed by atoms with Crippen molar-refractivity contribution in [3.8, 4) is 11.8 Å². The molecule has 3 heterocycles. The molecule has 6 nitrogen and oxygen atoms in total. The first-order chi connectivity index (χ1) is 16.6. The maximum atomic E-state index is 12.3. The van der Waals surface area contributed by atoms with Gasteiger partial charge in [0.2, 0.25) is 0 Å². The van der Waals surface area contributed by atoms with Crippen LogP contribution in [0.3, 0.4) is 0 Å². The molecule has 176 valence electrons. The highest BCUT2D eigenvalue weighted by Crippen LogP contribution is 2.19. The van der Waals surface area contributed by atoms with Crippen LogP contribution in [0.1, 0.15) is 31.2 Å². The second kappa shape index (κ2) is 12.1. The van der Waals surface area contributed by atoms with Gasteiger partial charge in [-0.2, -0.15) is 23.1 Å². The van der Waals surface area contributed by atoms with Gasteiger partial charge in [0.25, 0.3) is 0 Å². The standard InChI is InChI=1S/C25H24N2O4S3/c28-24(29)23-7-6-22(34-23)8-10-27-25(30)31-13-11-26(27)12-15-33-18-21-3-1-2-19(16-21)4-5-20-9-14-32-17-20/h1-3,6-7,9,14,16-17H,8,10-13,15,18H2,(H,28,29). The Kier molecular flexibility index (Phi) is 8.66. The smallest absolute Gasteiger partial charge is 0.424 e. The third kappa shape index (κ3) is 6.87. The van der Waals surface area contributed by atoms with Gasteiger partial charge in [0, 0.05) is 52.4 Å². The van der Waals surface area contributed by atoms with Gasteiger partial charge in [0.05, 0.1) is 6.54 Å². The first-order valence-corrected chi connectivity index (χ1v) is 13.7. The van der Waals surface area contributed by atoms with Crippen LogP contribution in [-0.2, 0) is 16.9 Å². The number of ether oxygens (including phenoxy) is 1. The molecule has 0 spiro atoms. The van der Waals surface area contributed by atoms with E-state index < -0.39 is 5.97 Å². The number of nitrogens with zero attached hydrogens (tertiary/aromatic N) is 2. The van der Waals surface area contributed by atoms with Crippen LogP contribution in [0.25, 0.3) is 0 Å². The molecule has 1 N–H and O–H groups in total. The number of hydrogen-bond donors (Lipinski definition) is 1. The number of benzene rings is 1. The summed E-state index contributed by atoms with van der Waals surface area (Å²) < 4.78 is 5.23. The maximum absolute atomic E-state index is 12.3. The Balaban J connectivity index is 1.26. The van der Waals surface area contributed by atoms with Crippen molar-refractivity contribution in [1.82, 2.24) is 10.0 Å². The van der Waals surface area contributed by atoms with Crippen molar-refractivity contribution >= 4 is 46.5 Å². The van der Waals surface area contributed by atoms with Gasteiger partial charge in [-0.3, -0.25) is 0 Å². The van der Waals surface area contributed by atoms with Gasteiger partial charge in [-0.05, 0) is 41.3 Å². The van der Waals surface area contributed by atoms with Gasteiger partial charge in [-0.15, -0.1) is 11.3 Å². The zero-order chi connectivity index (χ0) is 23.8. The van der Waals surface area contributed by atoms with Crippen LogP contribution < -0.4 is 0 Å². The number of cyclic esters (lactones) is 1. The number of hydrazine groups is 1. The average molecular weight is 513 g/mol. The molecule has 1 aromatic carbocycles. The van der Waals surface area contributed by atoms with Crippen LogP contribution in [0.4, 0.5) is 4.79 Å². The van der Waals surface area contributed by atoms with Gasteiger partial charge < -0.3 is 9.84 Å². The Hall–Kier alpha value is -2.77. The Labute approximate surface area is 211 Å². The molecule has 0 aliphatic carbocycles. The van der Waals surface area contributed by atoms with Crippen molar-refractivity contribution in [1.29, 1.82) is 0 Å². The second-order valence-electron chi connectivity index (χ2n) is 7.53. The molecule has 0 radical (unpaired) electrons. The van der Waals surface area contributed by atoms with Crippen molar-refractivity contribution in [2.45, 2.75) is 12.2 Å². The first-order valence-electron chi connectivity index (χ1n) is 10.8. The molecular weight excluding hydrogens is 488 g/mol. The number of carbonyl (C=O) groups excluding carboxylic acids is 1. The maximum Gasteiger partial charge on any atom is 0.424 e. The van der Waals surface area contributed by atoms with E-state index in [1.807, 2.05) is 51.8 Å². The number of hydrogen-bond acceptors (Lipinski definition) is 7. The highest BCUT2D eigenvalue weighted by atomic mass is 32.2. The van der Waals surface area contributed by atoms with E-state index in [4.69, 9.17) is 9.84 Å². The molecule has 2 aromatic heterocycles. The number of thiophene rings is 2. The monoisotopic (exact) mass is 512 g/mol. The summed E-state index contributed by atoms with van der Waals surface area (Å²) in [5.41, 5.74) is 3.27. The van der Waals surface area contributed by atoms with Crippen LogP contribution in [0.5, 0.6) is 0 Å². The fourth-order valence-corrected chi connectivity index (χ4v) is 5.76. The van der Waals surface area contributed by atoms with E-state index in [1.54, 1.807) is 22.4 Å². The van der Waals surface area contributed by atoms with E-state index in [1.165, 1.54) is 16.9 Å². The first kappa shape index (κ1) is 24.4. The zero-order valence-electron chi connectivity index (χ0n) is 18.4. The Bertz CT molecular complexity index is 1180. The highest BCUT2D eigenvalue weighted by molar-refractivity contribution is 7.98. The topological polar surface area (TPSA) is 70.1 Å². The van der Waals surface area contributed by atoms with Gasteiger partial charge in [-0.25, -0.2) is 19.6 Å². The SMILES string of the molecule is O=C(O)c1ccc(CCN2C(=O)OCCN2CCSCc2cccc(C#Cc3ccsc3)c2)s1. The van der Waals surface area contributed by atoms with Crippen LogP contribution in [-0.4, -0.2) is 59.2 Å². The number of thioether (sulfide) groups is 1. The third-order valence-corrected chi connectivity index (χ3v) is 7.96. The second-order valence-corrected chi connectivity index (χ2v) is 10.6.